The molecule has 1 aromatic heterocycles. The van der Waals surface area contributed by atoms with Crippen LogP contribution in [-0.2, 0) is 50.1 Å². The summed E-state index contributed by atoms with van der Waals surface area (Å²) in [5, 5.41) is 9.92. The predicted molar refractivity (Wildman–Crippen MR) is 231 cm³/mol. The van der Waals surface area contributed by atoms with Gasteiger partial charge in [0.25, 0.3) is 11.8 Å². The third kappa shape index (κ3) is 7.91. The molecule has 11 nitrogen and oxygen atoms in total. The summed E-state index contributed by atoms with van der Waals surface area (Å²) in [6.07, 6.45) is 4.52. The van der Waals surface area contributed by atoms with Crippen molar-refractivity contribution in [2.45, 2.75) is 71.1 Å². The van der Waals surface area contributed by atoms with Crippen molar-refractivity contribution >= 4 is 23.6 Å². The van der Waals surface area contributed by atoms with Crippen molar-refractivity contribution < 1.29 is 29.0 Å². The van der Waals surface area contributed by atoms with Crippen LogP contribution in [0.4, 0.5) is 10.5 Å². The normalized spacial score (nSPS) is 17.7. The van der Waals surface area contributed by atoms with Crippen molar-refractivity contribution in [3.63, 3.8) is 0 Å². The average molecular weight is 808 g/mol. The number of carbonyl (C=O) groups excluding carboxylic acids is 3. The monoisotopic (exact) mass is 807 g/mol. The number of hydrogen-bond donors (Lipinski definition) is 1. The van der Waals surface area contributed by atoms with Crippen LogP contribution in [0.1, 0.15) is 74.0 Å². The van der Waals surface area contributed by atoms with E-state index in [0.29, 0.717) is 61.8 Å². The Labute approximate surface area is 351 Å². The van der Waals surface area contributed by atoms with Crippen LogP contribution in [0.2, 0.25) is 0 Å². The summed E-state index contributed by atoms with van der Waals surface area (Å²) in [5.41, 5.74) is 10.1. The van der Waals surface area contributed by atoms with Crippen molar-refractivity contribution in [2.24, 2.45) is 0 Å². The predicted octanol–water partition coefficient (Wildman–Crippen LogP) is 7.49. The first-order valence-corrected chi connectivity index (χ1v) is 21.4. The number of amides is 3. The minimum atomic E-state index is -0.415. The highest BCUT2D eigenvalue weighted by Gasteiger charge is 2.36. The molecular weight excluding hydrogens is 755 g/mol. The van der Waals surface area contributed by atoms with Crippen molar-refractivity contribution in [1.29, 1.82) is 0 Å². The van der Waals surface area contributed by atoms with E-state index < -0.39 is 6.09 Å². The van der Waals surface area contributed by atoms with Gasteiger partial charge in [-0.25, -0.2) is 4.79 Å². The smallest absolute Gasteiger partial charge is 0.415 e. The third-order valence-corrected chi connectivity index (χ3v) is 12.9. The average Bonchev–Trinajstić information content (AvgIpc) is 3.68. The lowest BCUT2D eigenvalue weighted by atomic mass is 9.89. The Bertz CT molecular complexity index is 2400. The molecule has 0 aliphatic carbocycles. The number of benzene rings is 4. The Balaban J connectivity index is 1.12. The fourth-order valence-corrected chi connectivity index (χ4v) is 9.40. The lowest BCUT2D eigenvalue weighted by molar-refractivity contribution is 0.0193. The first-order valence-electron chi connectivity index (χ1n) is 21.4. The summed E-state index contributed by atoms with van der Waals surface area (Å²) in [5.74, 6) is 0.445. The molecule has 0 spiro atoms. The maximum absolute atomic E-state index is 15.6. The minimum Gasteiger partial charge on any atom is -0.508 e. The Morgan fingerprint density at radius 3 is 2.33 bits per heavy atom. The molecule has 11 heteroatoms. The Kier molecular flexibility index (Phi) is 11.2. The number of aryl methyl sites for hydroxylation is 1. The molecular formula is C49H53N5O6. The molecule has 0 unspecified atom stereocenters. The van der Waals surface area contributed by atoms with E-state index in [1.165, 1.54) is 11.1 Å². The molecule has 9 rings (SSSR count). The molecule has 1 N–H and O–H groups in total. The van der Waals surface area contributed by atoms with E-state index in [1.807, 2.05) is 42.5 Å². The SMILES string of the molecule is CCc1ccc(OC(=O)N2CCc3cc(-c4cc(C(=O)N(C)c5ccc(O)cc5)c5n4CCCC5)c(C(=O)N4Cc5ccccc5C[C@H]4CN4CCOCC4)cc3C2)cc1. The van der Waals surface area contributed by atoms with Crippen molar-refractivity contribution in [3.8, 4) is 22.8 Å². The Morgan fingerprint density at radius 1 is 0.800 bits per heavy atom. The second kappa shape index (κ2) is 17.0. The van der Waals surface area contributed by atoms with Gasteiger partial charge in [-0.2, -0.15) is 0 Å². The fraction of sp³-hybridized carbons (Fsp3) is 0.367. The van der Waals surface area contributed by atoms with Crippen LogP contribution in [0.15, 0.2) is 91.0 Å². The van der Waals surface area contributed by atoms with Crippen molar-refractivity contribution in [2.75, 3.05) is 51.3 Å². The van der Waals surface area contributed by atoms with Gasteiger partial charge in [0.05, 0.1) is 18.8 Å². The standard InChI is InChI=1S/C49H53N5O6/c1-3-33-11-17-41(18-12-33)60-49(58)52-21-19-35-27-42(46-29-44(45-10-6-7-20-53(45)46)47(56)50(2)38-13-15-40(55)16-14-38)43(28-37(35)30-52)48(57)54-31-36-9-5-4-8-34(36)26-39(54)32-51-22-24-59-25-23-51/h4-5,8-9,11-18,27-29,39,55H,3,6-7,10,19-26,30-32H2,1-2H3/t39-/m0/s1. The summed E-state index contributed by atoms with van der Waals surface area (Å²) in [7, 11) is 1.76. The first-order chi connectivity index (χ1) is 29.2. The number of anilines is 1. The number of aromatic hydroxyl groups is 1. The van der Waals surface area contributed by atoms with Crippen LogP contribution in [0.25, 0.3) is 11.3 Å². The molecule has 0 bridgehead atoms. The quantitative estimate of drug-likeness (QED) is 0.173. The minimum absolute atomic E-state index is 0.0581. The summed E-state index contributed by atoms with van der Waals surface area (Å²) in [4.78, 5) is 51.3. The number of ether oxygens (including phenoxy) is 2. The fourth-order valence-electron chi connectivity index (χ4n) is 9.40. The molecule has 1 fully saturated rings. The highest BCUT2D eigenvalue weighted by molar-refractivity contribution is 6.08. The number of phenolic OH excluding ortho intramolecular Hbond substituents is 1. The summed E-state index contributed by atoms with van der Waals surface area (Å²) in [6, 6.07) is 28.8. The third-order valence-electron chi connectivity index (χ3n) is 12.9. The molecule has 60 heavy (non-hydrogen) atoms. The molecule has 310 valence electrons. The number of rotatable bonds is 8. The summed E-state index contributed by atoms with van der Waals surface area (Å²) >= 11 is 0. The zero-order valence-electron chi connectivity index (χ0n) is 34.6. The van der Waals surface area contributed by atoms with Crippen LogP contribution in [0.3, 0.4) is 0 Å². The molecule has 5 aromatic rings. The van der Waals surface area contributed by atoms with Gasteiger partial charge in [0.1, 0.15) is 11.5 Å². The number of hydrogen-bond acceptors (Lipinski definition) is 7. The van der Waals surface area contributed by atoms with Gasteiger partial charge in [0.15, 0.2) is 0 Å². The van der Waals surface area contributed by atoms with Gasteiger partial charge in [-0.05, 0) is 121 Å². The highest BCUT2D eigenvalue weighted by Crippen LogP contribution is 2.38. The van der Waals surface area contributed by atoms with E-state index >= 15 is 4.79 Å². The van der Waals surface area contributed by atoms with Gasteiger partial charge in [-0.3, -0.25) is 14.5 Å². The summed E-state index contributed by atoms with van der Waals surface area (Å²) in [6.45, 7) is 7.85. The van der Waals surface area contributed by atoms with Crippen LogP contribution in [0, 0.1) is 0 Å². The van der Waals surface area contributed by atoms with Gasteiger partial charge >= 0.3 is 6.09 Å². The molecule has 0 radical (unpaired) electrons. The van der Waals surface area contributed by atoms with Crippen LogP contribution in [0.5, 0.6) is 11.5 Å². The zero-order chi connectivity index (χ0) is 41.3. The second-order valence-electron chi connectivity index (χ2n) is 16.6. The maximum Gasteiger partial charge on any atom is 0.415 e. The lowest BCUT2D eigenvalue weighted by Gasteiger charge is -2.41. The Morgan fingerprint density at radius 2 is 1.57 bits per heavy atom. The van der Waals surface area contributed by atoms with Gasteiger partial charge in [-0.1, -0.05) is 43.3 Å². The van der Waals surface area contributed by atoms with Crippen LogP contribution >= 0.6 is 0 Å². The lowest BCUT2D eigenvalue weighted by Crippen LogP contribution is -2.52. The molecule has 4 aromatic carbocycles. The molecule has 3 amide bonds. The number of phenols is 1. The number of nitrogens with zero attached hydrogens (tertiary/aromatic N) is 5. The molecule has 4 aliphatic heterocycles. The van der Waals surface area contributed by atoms with Gasteiger partial charge in [0, 0.05) is 87.1 Å². The van der Waals surface area contributed by atoms with E-state index in [9.17, 15) is 14.7 Å². The van der Waals surface area contributed by atoms with E-state index in [0.717, 1.165) is 91.9 Å². The first kappa shape index (κ1) is 39.5. The largest absolute Gasteiger partial charge is 0.508 e. The Hall–Kier alpha value is -5.91. The van der Waals surface area contributed by atoms with E-state index in [4.69, 9.17) is 9.47 Å². The second-order valence-corrected chi connectivity index (χ2v) is 16.6. The van der Waals surface area contributed by atoms with Crippen molar-refractivity contribution in [1.82, 2.24) is 19.3 Å². The molecule has 0 saturated carbocycles. The number of fused-ring (bicyclic) bond motifs is 3. The molecule has 1 saturated heterocycles. The molecule has 1 atom stereocenters. The van der Waals surface area contributed by atoms with E-state index in [-0.39, 0.29) is 23.6 Å². The number of carbonyl (C=O) groups is 3. The number of morpholine rings is 1. The molecule has 4 aliphatic rings. The molecule has 5 heterocycles. The van der Waals surface area contributed by atoms with E-state index in [1.54, 1.807) is 41.1 Å². The maximum atomic E-state index is 15.6. The highest BCUT2D eigenvalue weighted by atomic mass is 16.6. The van der Waals surface area contributed by atoms with E-state index in [2.05, 4.69) is 45.6 Å². The number of aromatic nitrogens is 1. The van der Waals surface area contributed by atoms with Gasteiger partial charge in [-0.15, -0.1) is 0 Å². The van der Waals surface area contributed by atoms with Gasteiger partial charge in [0.2, 0.25) is 0 Å². The van der Waals surface area contributed by atoms with Crippen LogP contribution < -0.4 is 9.64 Å². The topological polar surface area (TPSA) is 108 Å². The van der Waals surface area contributed by atoms with Crippen LogP contribution in [-0.4, -0.2) is 94.8 Å². The van der Waals surface area contributed by atoms with Crippen molar-refractivity contribution in [3.05, 3.63) is 136 Å². The summed E-state index contributed by atoms with van der Waals surface area (Å²) < 4.78 is 13.8. The van der Waals surface area contributed by atoms with Gasteiger partial charge < -0.3 is 33.8 Å². The zero-order valence-corrected chi connectivity index (χ0v) is 34.6.